The Balaban J connectivity index is 1.43. The van der Waals surface area contributed by atoms with Crippen molar-refractivity contribution in [3.63, 3.8) is 0 Å². The number of nitrogens with zero attached hydrogens (tertiary/aromatic N) is 1. The molecule has 0 spiro atoms. The Hall–Kier alpha value is -2.21. The molecule has 1 unspecified atom stereocenters. The SMILES string of the molecule is Cc1ccc(SCCNC(=O)C2CCCN(C(=O)c3ccco3)C2)cc1C. The second-order valence-electron chi connectivity index (χ2n) is 6.95. The number of carbonyl (C=O) groups is 2. The molecule has 1 atom stereocenters. The van der Waals surface area contributed by atoms with Gasteiger partial charge < -0.3 is 14.6 Å². The predicted octanol–water partition coefficient (Wildman–Crippen LogP) is 3.66. The first-order chi connectivity index (χ1) is 13.0. The molecule has 0 radical (unpaired) electrons. The Kier molecular flexibility index (Phi) is 6.61. The number of hydrogen-bond donors (Lipinski definition) is 1. The highest BCUT2D eigenvalue weighted by atomic mass is 32.2. The molecule has 6 heteroatoms. The van der Waals surface area contributed by atoms with E-state index in [0.717, 1.165) is 18.6 Å². The summed E-state index contributed by atoms with van der Waals surface area (Å²) in [5.41, 5.74) is 2.58. The maximum Gasteiger partial charge on any atom is 0.289 e. The van der Waals surface area contributed by atoms with E-state index in [9.17, 15) is 9.59 Å². The molecule has 5 nitrogen and oxygen atoms in total. The number of likely N-dealkylation sites (tertiary alicyclic amines) is 1. The second kappa shape index (κ2) is 9.13. The van der Waals surface area contributed by atoms with Gasteiger partial charge in [0.1, 0.15) is 0 Å². The number of benzene rings is 1. The number of piperidine rings is 1. The third kappa shape index (κ3) is 5.16. The monoisotopic (exact) mass is 386 g/mol. The lowest BCUT2D eigenvalue weighted by Gasteiger charge is -2.31. The summed E-state index contributed by atoms with van der Waals surface area (Å²) in [5.74, 6) is 0.913. The molecule has 3 rings (SSSR count). The number of rotatable bonds is 6. The quantitative estimate of drug-likeness (QED) is 0.608. The van der Waals surface area contributed by atoms with Gasteiger partial charge in [0.05, 0.1) is 12.2 Å². The Bertz CT molecular complexity index is 789. The van der Waals surface area contributed by atoms with E-state index in [-0.39, 0.29) is 17.7 Å². The van der Waals surface area contributed by atoms with Gasteiger partial charge in [0.15, 0.2) is 5.76 Å². The van der Waals surface area contributed by atoms with Gasteiger partial charge in [-0.3, -0.25) is 9.59 Å². The Morgan fingerprint density at radius 1 is 1.26 bits per heavy atom. The van der Waals surface area contributed by atoms with E-state index in [0.29, 0.717) is 25.4 Å². The zero-order valence-electron chi connectivity index (χ0n) is 15.9. The van der Waals surface area contributed by atoms with Gasteiger partial charge in [0.2, 0.25) is 5.91 Å². The van der Waals surface area contributed by atoms with Crippen molar-refractivity contribution in [3.05, 3.63) is 53.5 Å². The number of nitrogens with one attached hydrogen (secondary N) is 1. The molecular weight excluding hydrogens is 360 g/mol. The molecule has 1 aliphatic heterocycles. The number of hydrogen-bond acceptors (Lipinski definition) is 4. The van der Waals surface area contributed by atoms with Crippen LogP contribution in [0.15, 0.2) is 45.9 Å². The van der Waals surface area contributed by atoms with E-state index in [1.54, 1.807) is 28.8 Å². The summed E-state index contributed by atoms with van der Waals surface area (Å²) < 4.78 is 5.19. The van der Waals surface area contributed by atoms with E-state index in [4.69, 9.17) is 4.42 Å². The Morgan fingerprint density at radius 2 is 2.11 bits per heavy atom. The molecule has 0 bridgehead atoms. The Morgan fingerprint density at radius 3 is 2.85 bits per heavy atom. The van der Waals surface area contributed by atoms with Crippen molar-refractivity contribution in [2.45, 2.75) is 31.6 Å². The number of amides is 2. The third-order valence-corrected chi connectivity index (χ3v) is 5.96. The molecular formula is C21H26N2O3S. The van der Waals surface area contributed by atoms with Gasteiger partial charge in [-0.15, -0.1) is 11.8 Å². The molecule has 1 N–H and O–H groups in total. The van der Waals surface area contributed by atoms with E-state index >= 15 is 0 Å². The van der Waals surface area contributed by atoms with Gasteiger partial charge >= 0.3 is 0 Å². The molecule has 2 aromatic rings. The maximum absolute atomic E-state index is 12.5. The molecule has 144 valence electrons. The summed E-state index contributed by atoms with van der Waals surface area (Å²) in [4.78, 5) is 27.8. The third-order valence-electron chi connectivity index (χ3n) is 4.96. The molecule has 0 aliphatic carbocycles. The van der Waals surface area contributed by atoms with Gasteiger partial charge in [0, 0.05) is 30.3 Å². The zero-order chi connectivity index (χ0) is 19.2. The highest BCUT2D eigenvalue weighted by molar-refractivity contribution is 7.99. The van der Waals surface area contributed by atoms with E-state index in [2.05, 4.69) is 37.4 Å². The number of carbonyl (C=O) groups excluding carboxylic acids is 2. The maximum atomic E-state index is 12.5. The van der Waals surface area contributed by atoms with Gasteiger partial charge in [-0.25, -0.2) is 0 Å². The summed E-state index contributed by atoms with van der Waals surface area (Å²) in [6.45, 7) is 5.97. The lowest BCUT2D eigenvalue weighted by molar-refractivity contribution is -0.126. The van der Waals surface area contributed by atoms with Gasteiger partial charge in [0.25, 0.3) is 5.91 Å². The fourth-order valence-electron chi connectivity index (χ4n) is 3.22. The van der Waals surface area contributed by atoms with Crippen LogP contribution in [0.3, 0.4) is 0 Å². The zero-order valence-corrected chi connectivity index (χ0v) is 16.7. The van der Waals surface area contributed by atoms with Crippen LogP contribution >= 0.6 is 11.8 Å². The van der Waals surface area contributed by atoms with Crippen LogP contribution in [0.25, 0.3) is 0 Å². The second-order valence-corrected chi connectivity index (χ2v) is 8.12. The molecule has 27 heavy (non-hydrogen) atoms. The highest BCUT2D eigenvalue weighted by Gasteiger charge is 2.29. The minimum atomic E-state index is -0.149. The average Bonchev–Trinajstić information content (AvgIpc) is 3.22. The highest BCUT2D eigenvalue weighted by Crippen LogP contribution is 2.21. The topological polar surface area (TPSA) is 62.6 Å². The van der Waals surface area contributed by atoms with Crippen LogP contribution < -0.4 is 5.32 Å². The smallest absolute Gasteiger partial charge is 0.289 e. The Labute approximate surface area is 164 Å². The number of furan rings is 1. The van der Waals surface area contributed by atoms with Crippen LogP contribution in [0, 0.1) is 19.8 Å². The lowest BCUT2D eigenvalue weighted by atomic mass is 9.97. The van der Waals surface area contributed by atoms with Crippen LogP contribution in [0.1, 0.15) is 34.5 Å². The standard InChI is InChI=1S/C21H26N2O3S/c1-15-7-8-18(13-16(15)2)27-12-9-22-20(24)17-5-3-10-23(14-17)21(25)19-6-4-11-26-19/h4,6-8,11,13,17H,3,5,9-10,12,14H2,1-2H3,(H,22,24). The van der Waals surface area contributed by atoms with E-state index in [1.807, 2.05) is 0 Å². The summed E-state index contributed by atoms with van der Waals surface area (Å²) in [6.07, 6.45) is 3.15. The van der Waals surface area contributed by atoms with Crippen LogP contribution in [0.5, 0.6) is 0 Å². The minimum Gasteiger partial charge on any atom is -0.459 e. The van der Waals surface area contributed by atoms with Gasteiger partial charge in [-0.05, 0) is 62.1 Å². The van der Waals surface area contributed by atoms with Crippen LogP contribution in [0.4, 0.5) is 0 Å². The molecule has 1 aromatic heterocycles. The van der Waals surface area contributed by atoms with Crippen LogP contribution in [0.2, 0.25) is 0 Å². The van der Waals surface area contributed by atoms with Crippen molar-refractivity contribution in [3.8, 4) is 0 Å². The van der Waals surface area contributed by atoms with Crippen molar-refractivity contribution in [1.82, 2.24) is 10.2 Å². The molecule has 1 aromatic carbocycles. The normalized spacial score (nSPS) is 17.0. The van der Waals surface area contributed by atoms with Crippen molar-refractivity contribution in [2.24, 2.45) is 5.92 Å². The first kappa shape index (κ1) is 19.5. The summed E-state index contributed by atoms with van der Waals surface area (Å²) in [5, 5.41) is 3.02. The van der Waals surface area contributed by atoms with Gasteiger partial charge in [-0.1, -0.05) is 6.07 Å². The molecule has 1 fully saturated rings. The first-order valence-corrected chi connectivity index (χ1v) is 10.3. The molecule has 0 saturated carbocycles. The van der Waals surface area contributed by atoms with E-state index in [1.165, 1.54) is 22.3 Å². The predicted molar refractivity (Wildman–Crippen MR) is 107 cm³/mol. The summed E-state index contributed by atoms with van der Waals surface area (Å²) >= 11 is 1.74. The average molecular weight is 387 g/mol. The van der Waals surface area contributed by atoms with Crippen molar-refractivity contribution >= 4 is 23.6 Å². The number of thioether (sulfide) groups is 1. The lowest BCUT2D eigenvalue weighted by Crippen LogP contribution is -2.45. The molecule has 1 aliphatic rings. The van der Waals surface area contributed by atoms with Crippen LogP contribution in [-0.4, -0.2) is 42.1 Å². The molecule has 2 heterocycles. The molecule has 1 saturated heterocycles. The van der Waals surface area contributed by atoms with Gasteiger partial charge in [-0.2, -0.15) is 0 Å². The fourth-order valence-corrected chi connectivity index (χ4v) is 4.09. The van der Waals surface area contributed by atoms with Crippen molar-refractivity contribution < 1.29 is 14.0 Å². The fraction of sp³-hybridized carbons (Fsp3) is 0.429. The minimum absolute atomic E-state index is 0.0348. The van der Waals surface area contributed by atoms with Crippen molar-refractivity contribution in [1.29, 1.82) is 0 Å². The summed E-state index contributed by atoms with van der Waals surface area (Å²) in [7, 11) is 0. The van der Waals surface area contributed by atoms with Crippen molar-refractivity contribution in [2.75, 3.05) is 25.4 Å². The first-order valence-electron chi connectivity index (χ1n) is 9.35. The van der Waals surface area contributed by atoms with E-state index < -0.39 is 0 Å². The van der Waals surface area contributed by atoms with Crippen LogP contribution in [-0.2, 0) is 4.79 Å². The largest absolute Gasteiger partial charge is 0.459 e. The number of aryl methyl sites for hydroxylation is 2. The summed E-state index contributed by atoms with van der Waals surface area (Å²) in [6, 6.07) is 9.79. The molecule has 2 amide bonds.